The zero-order valence-electron chi connectivity index (χ0n) is 13.1. The first-order valence-corrected chi connectivity index (χ1v) is 7.70. The van der Waals surface area contributed by atoms with Crippen LogP contribution in [-0.2, 0) is 0 Å². The molecule has 25 heavy (non-hydrogen) atoms. The van der Waals surface area contributed by atoms with Gasteiger partial charge in [0, 0.05) is 23.0 Å². The molecule has 8 heteroatoms. The number of nitro benzene ring substituents is 1. The highest BCUT2D eigenvalue weighted by Crippen LogP contribution is 2.30. The quantitative estimate of drug-likeness (QED) is 0.438. The molecule has 0 aliphatic rings. The van der Waals surface area contributed by atoms with Gasteiger partial charge in [-0.25, -0.2) is 9.67 Å². The maximum absolute atomic E-state index is 12.6. The third-order valence-corrected chi connectivity index (χ3v) is 3.83. The fraction of sp³-hybridized carbons (Fsp3) is 0.0588. The van der Waals surface area contributed by atoms with Crippen LogP contribution in [0.5, 0.6) is 0 Å². The van der Waals surface area contributed by atoms with E-state index in [2.05, 4.69) is 10.1 Å². The third-order valence-electron chi connectivity index (χ3n) is 3.60. The Morgan fingerprint density at radius 2 is 1.96 bits per heavy atom. The fourth-order valence-electron chi connectivity index (χ4n) is 2.36. The van der Waals surface area contributed by atoms with E-state index < -0.39 is 4.92 Å². The molecule has 0 fully saturated rings. The highest BCUT2D eigenvalue weighted by atomic mass is 35.5. The molecule has 1 aromatic heterocycles. The van der Waals surface area contributed by atoms with Crippen molar-refractivity contribution in [2.24, 2.45) is 4.99 Å². The molecule has 0 bridgehead atoms. The van der Waals surface area contributed by atoms with Gasteiger partial charge >= 0.3 is 0 Å². The Balaban J connectivity index is 2.03. The lowest BCUT2D eigenvalue weighted by Gasteiger charge is -1.99. The number of benzene rings is 2. The normalized spacial score (nSPS) is 11.1. The van der Waals surface area contributed by atoms with Crippen LogP contribution in [0.25, 0.3) is 5.69 Å². The first-order valence-electron chi connectivity index (χ1n) is 7.32. The fourth-order valence-corrected chi connectivity index (χ4v) is 2.52. The summed E-state index contributed by atoms with van der Waals surface area (Å²) in [7, 11) is 0. The molecule has 3 aromatic rings. The maximum Gasteiger partial charge on any atom is 0.296 e. The summed E-state index contributed by atoms with van der Waals surface area (Å²) < 4.78 is 1.40. The Morgan fingerprint density at radius 1 is 1.24 bits per heavy atom. The highest BCUT2D eigenvalue weighted by molar-refractivity contribution is 6.30. The highest BCUT2D eigenvalue weighted by Gasteiger charge is 2.15. The zero-order valence-corrected chi connectivity index (χ0v) is 13.9. The summed E-state index contributed by atoms with van der Waals surface area (Å²) in [6.07, 6.45) is 1.32. The predicted molar refractivity (Wildman–Crippen MR) is 96.5 cm³/mol. The molecule has 2 aromatic carbocycles. The Morgan fingerprint density at radius 3 is 2.64 bits per heavy atom. The lowest BCUT2D eigenvalue weighted by molar-refractivity contribution is -0.384. The van der Waals surface area contributed by atoms with Crippen molar-refractivity contribution in [1.82, 2.24) is 9.78 Å². The van der Waals surface area contributed by atoms with E-state index in [1.54, 1.807) is 19.1 Å². The van der Waals surface area contributed by atoms with Crippen molar-refractivity contribution in [3.8, 4) is 5.69 Å². The number of nitro groups is 1. The number of hydrogen-bond acceptors (Lipinski definition) is 4. The van der Waals surface area contributed by atoms with Gasteiger partial charge in [-0.15, -0.1) is 0 Å². The molecule has 0 aliphatic heterocycles. The summed E-state index contributed by atoms with van der Waals surface area (Å²) >= 11 is 5.79. The average Bonchev–Trinajstić information content (AvgIpc) is 2.89. The number of hydrogen-bond donors (Lipinski definition) is 1. The lowest BCUT2D eigenvalue weighted by atomic mass is 10.2. The Hall–Kier alpha value is -3.19. The van der Waals surface area contributed by atoms with Gasteiger partial charge in [-0.1, -0.05) is 29.8 Å². The SMILES string of the molecule is Cc1[nH]n(-c2ccccc2)c(=O)c1C=Nc1ccc(Cl)cc1[N+](=O)[O-]. The smallest absolute Gasteiger partial charge is 0.295 e. The van der Waals surface area contributed by atoms with Crippen LogP contribution in [0.1, 0.15) is 11.3 Å². The molecule has 0 amide bonds. The van der Waals surface area contributed by atoms with Gasteiger partial charge in [0.1, 0.15) is 5.69 Å². The lowest BCUT2D eigenvalue weighted by Crippen LogP contribution is -2.17. The van der Waals surface area contributed by atoms with Gasteiger partial charge in [0.25, 0.3) is 11.2 Å². The van der Waals surface area contributed by atoms with Crippen molar-refractivity contribution >= 4 is 29.2 Å². The summed E-state index contributed by atoms with van der Waals surface area (Å²) in [6, 6.07) is 13.3. The molecule has 0 saturated carbocycles. The van der Waals surface area contributed by atoms with Gasteiger partial charge in [-0.05, 0) is 31.2 Å². The number of aromatic amines is 1. The molecule has 0 unspecified atom stereocenters. The van der Waals surface area contributed by atoms with E-state index in [4.69, 9.17) is 11.6 Å². The van der Waals surface area contributed by atoms with E-state index in [1.807, 2.05) is 18.2 Å². The molecule has 3 rings (SSSR count). The second-order valence-electron chi connectivity index (χ2n) is 5.27. The van der Waals surface area contributed by atoms with E-state index in [0.29, 0.717) is 16.9 Å². The van der Waals surface area contributed by atoms with Gasteiger partial charge < -0.3 is 0 Å². The Bertz CT molecular complexity index is 1020. The van der Waals surface area contributed by atoms with Crippen molar-refractivity contribution in [1.29, 1.82) is 0 Å². The molecule has 0 radical (unpaired) electrons. The largest absolute Gasteiger partial charge is 0.296 e. The second kappa shape index (κ2) is 6.74. The van der Waals surface area contributed by atoms with Crippen LogP contribution in [0, 0.1) is 17.0 Å². The first kappa shape index (κ1) is 16.7. The van der Waals surface area contributed by atoms with Crippen molar-refractivity contribution in [3.63, 3.8) is 0 Å². The number of rotatable bonds is 4. The van der Waals surface area contributed by atoms with E-state index in [9.17, 15) is 14.9 Å². The first-order chi connectivity index (χ1) is 12.0. The van der Waals surface area contributed by atoms with Gasteiger partial charge in [-0.2, -0.15) is 0 Å². The Labute approximate surface area is 147 Å². The third kappa shape index (κ3) is 3.36. The molecule has 1 heterocycles. The molecular weight excluding hydrogens is 344 g/mol. The summed E-state index contributed by atoms with van der Waals surface area (Å²) in [4.78, 5) is 27.2. The molecular formula is C17H13ClN4O3. The van der Waals surface area contributed by atoms with E-state index in [1.165, 1.54) is 29.1 Å². The molecule has 0 atom stereocenters. The second-order valence-corrected chi connectivity index (χ2v) is 5.71. The topological polar surface area (TPSA) is 93.3 Å². The van der Waals surface area contributed by atoms with Crippen molar-refractivity contribution < 1.29 is 4.92 Å². The van der Waals surface area contributed by atoms with E-state index in [-0.39, 0.29) is 22.0 Å². The van der Waals surface area contributed by atoms with Crippen LogP contribution in [0.15, 0.2) is 58.3 Å². The summed E-state index contributed by atoms with van der Waals surface area (Å²) in [5.41, 5.74) is 1.24. The molecule has 126 valence electrons. The van der Waals surface area contributed by atoms with Crippen molar-refractivity contribution in [2.75, 3.05) is 0 Å². The minimum absolute atomic E-state index is 0.126. The monoisotopic (exact) mass is 356 g/mol. The van der Waals surface area contributed by atoms with Crippen LogP contribution >= 0.6 is 11.6 Å². The van der Waals surface area contributed by atoms with E-state index >= 15 is 0 Å². The van der Waals surface area contributed by atoms with Crippen LogP contribution in [0.4, 0.5) is 11.4 Å². The molecule has 1 N–H and O–H groups in total. The average molecular weight is 357 g/mol. The molecule has 7 nitrogen and oxygen atoms in total. The van der Waals surface area contributed by atoms with Crippen LogP contribution in [0.2, 0.25) is 5.02 Å². The van der Waals surface area contributed by atoms with Crippen LogP contribution in [0.3, 0.4) is 0 Å². The molecule has 0 aliphatic carbocycles. The predicted octanol–water partition coefficient (Wildman–Crippen LogP) is 3.79. The number of halogens is 1. The maximum atomic E-state index is 12.6. The minimum atomic E-state index is -0.565. The summed E-state index contributed by atoms with van der Waals surface area (Å²) in [5, 5.41) is 14.3. The van der Waals surface area contributed by atoms with Gasteiger partial charge in [0.05, 0.1) is 16.2 Å². The summed E-state index contributed by atoms with van der Waals surface area (Å²) in [5.74, 6) is 0. The number of aliphatic imine (C=N–C) groups is 1. The number of nitrogens with one attached hydrogen (secondary N) is 1. The molecule has 0 saturated heterocycles. The standard InChI is InChI=1S/C17H13ClN4O3/c1-11-14(17(23)21(20-11)13-5-3-2-4-6-13)10-19-15-8-7-12(18)9-16(15)22(24)25/h2-10,20H,1H3. The van der Waals surface area contributed by atoms with Gasteiger partial charge in [0.2, 0.25) is 0 Å². The number of para-hydroxylation sites is 1. The van der Waals surface area contributed by atoms with Crippen molar-refractivity contribution in [3.05, 3.63) is 85.3 Å². The van der Waals surface area contributed by atoms with Crippen molar-refractivity contribution in [2.45, 2.75) is 6.92 Å². The van der Waals surface area contributed by atoms with Crippen LogP contribution in [-0.4, -0.2) is 20.9 Å². The van der Waals surface area contributed by atoms with E-state index in [0.717, 1.165) is 0 Å². The van der Waals surface area contributed by atoms with Crippen LogP contribution < -0.4 is 5.56 Å². The zero-order chi connectivity index (χ0) is 18.0. The van der Waals surface area contributed by atoms with Gasteiger partial charge in [0.15, 0.2) is 0 Å². The minimum Gasteiger partial charge on any atom is -0.295 e. The molecule has 0 spiro atoms. The van der Waals surface area contributed by atoms with Gasteiger partial charge in [-0.3, -0.25) is 20.0 Å². The number of aromatic nitrogens is 2. The Kier molecular flexibility index (Phi) is 4.49. The number of H-pyrrole nitrogens is 1. The number of aryl methyl sites for hydroxylation is 1. The number of nitrogens with zero attached hydrogens (tertiary/aromatic N) is 3. The summed E-state index contributed by atoms with van der Waals surface area (Å²) in [6.45, 7) is 1.73.